The average Bonchev–Trinajstić information content (AvgIpc) is 2.78. The molecular formula is C24H50O6P+. The van der Waals surface area contributed by atoms with Crippen LogP contribution in [0.2, 0.25) is 0 Å². The number of unbranched alkanes of at least 4 members (excludes halogenated alkanes) is 6. The van der Waals surface area contributed by atoms with E-state index in [1.165, 1.54) is 76.0 Å². The standard InChI is InChI=1S/C24H50O6P/c1-4-7-15-31(16-8-5-2,17-9-6-3)18-13-11-10-12-14-29-24-23(28)22(27)21(26)20(19-25)30-24/h20-28H,4-19H2,1-3H3/q+1/t20-,21-,22+,23-,24+/m1/s1. The van der Waals surface area contributed by atoms with Gasteiger partial charge < -0.3 is 29.9 Å². The van der Waals surface area contributed by atoms with E-state index in [1.807, 2.05) is 0 Å². The average molecular weight is 466 g/mol. The van der Waals surface area contributed by atoms with Gasteiger partial charge in [-0.2, -0.15) is 0 Å². The van der Waals surface area contributed by atoms with E-state index in [2.05, 4.69) is 20.8 Å². The molecule has 1 aliphatic heterocycles. The molecule has 5 atom stereocenters. The van der Waals surface area contributed by atoms with E-state index in [1.54, 1.807) is 0 Å². The molecule has 0 spiro atoms. The van der Waals surface area contributed by atoms with Crippen molar-refractivity contribution in [2.75, 3.05) is 37.9 Å². The van der Waals surface area contributed by atoms with Crippen molar-refractivity contribution in [2.45, 2.75) is 116 Å². The molecule has 0 aromatic heterocycles. The third kappa shape index (κ3) is 10.3. The van der Waals surface area contributed by atoms with Crippen LogP contribution in [0, 0.1) is 0 Å². The first-order chi connectivity index (χ1) is 14.9. The van der Waals surface area contributed by atoms with Gasteiger partial charge >= 0.3 is 0 Å². The second kappa shape index (κ2) is 16.7. The number of aliphatic hydroxyl groups excluding tert-OH is 4. The summed E-state index contributed by atoms with van der Waals surface area (Å²) in [6, 6.07) is 0. The highest BCUT2D eigenvalue weighted by Crippen LogP contribution is 2.61. The number of rotatable bonds is 18. The highest BCUT2D eigenvalue weighted by atomic mass is 31.2. The number of hydrogen-bond acceptors (Lipinski definition) is 6. The Bertz CT molecular complexity index is 415. The Morgan fingerprint density at radius 3 is 1.71 bits per heavy atom. The van der Waals surface area contributed by atoms with Crippen LogP contribution in [0.15, 0.2) is 0 Å². The highest BCUT2D eigenvalue weighted by molar-refractivity contribution is 7.75. The van der Waals surface area contributed by atoms with Crippen molar-refractivity contribution in [1.29, 1.82) is 0 Å². The van der Waals surface area contributed by atoms with E-state index >= 15 is 0 Å². The first-order valence-corrected chi connectivity index (χ1v) is 15.2. The molecule has 1 aliphatic rings. The minimum absolute atomic E-state index is 0.427. The molecule has 4 N–H and O–H groups in total. The van der Waals surface area contributed by atoms with Crippen LogP contribution in [0.1, 0.15) is 85.0 Å². The smallest absolute Gasteiger partial charge is 0.186 e. The topological polar surface area (TPSA) is 99.4 Å². The van der Waals surface area contributed by atoms with Crippen molar-refractivity contribution in [1.82, 2.24) is 0 Å². The van der Waals surface area contributed by atoms with Gasteiger partial charge in [-0.1, -0.05) is 46.5 Å². The van der Waals surface area contributed by atoms with Crippen LogP contribution in [-0.4, -0.2) is 89.0 Å². The first-order valence-electron chi connectivity index (χ1n) is 12.7. The fraction of sp³-hybridized carbons (Fsp3) is 1.00. The maximum Gasteiger partial charge on any atom is 0.186 e. The fourth-order valence-electron chi connectivity index (χ4n) is 4.46. The quantitative estimate of drug-likeness (QED) is 0.182. The van der Waals surface area contributed by atoms with E-state index < -0.39 is 44.6 Å². The van der Waals surface area contributed by atoms with Crippen LogP contribution < -0.4 is 0 Å². The SMILES string of the molecule is CCCC[P+](CCCC)(CCCC)CCCCCCO[C@H]1O[C@H](CO)[C@@H](O)[C@H](O)[C@H]1O. The molecule has 0 aromatic carbocycles. The van der Waals surface area contributed by atoms with Gasteiger partial charge in [0, 0.05) is 13.9 Å². The van der Waals surface area contributed by atoms with Crippen molar-refractivity contribution >= 4 is 7.26 Å². The molecule has 31 heavy (non-hydrogen) atoms. The Morgan fingerprint density at radius 2 is 1.19 bits per heavy atom. The van der Waals surface area contributed by atoms with Gasteiger partial charge in [0.2, 0.25) is 0 Å². The fourth-order valence-corrected chi connectivity index (χ4v) is 9.66. The molecular weight excluding hydrogens is 415 g/mol. The van der Waals surface area contributed by atoms with Gasteiger partial charge in [-0.25, -0.2) is 0 Å². The van der Waals surface area contributed by atoms with Crippen LogP contribution in [0.4, 0.5) is 0 Å². The molecule has 186 valence electrons. The van der Waals surface area contributed by atoms with Gasteiger partial charge in [-0.3, -0.25) is 0 Å². The summed E-state index contributed by atoms with van der Waals surface area (Å²) in [5.74, 6) is 0. The van der Waals surface area contributed by atoms with Gasteiger partial charge in [0.1, 0.15) is 24.4 Å². The summed E-state index contributed by atoms with van der Waals surface area (Å²) in [5.41, 5.74) is 0. The molecule has 1 heterocycles. The second-order valence-corrected chi connectivity index (χ2v) is 13.8. The zero-order valence-corrected chi connectivity index (χ0v) is 21.1. The Balaban J connectivity index is 2.35. The van der Waals surface area contributed by atoms with Crippen LogP contribution in [-0.2, 0) is 9.47 Å². The Labute approximate surface area is 191 Å². The summed E-state index contributed by atoms with van der Waals surface area (Å²) < 4.78 is 11.0. The normalized spacial score (nSPS) is 27.0. The van der Waals surface area contributed by atoms with Crippen molar-refractivity contribution in [3.05, 3.63) is 0 Å². The lowest BCUT2D eigenvalue weighted by Crippen LogP contribution is -2.59. The van der Waals surface area contributed by atoms with E-state index in [-0.39, 0.29) is 0 Å². The monoisotopic (exact) mass is 465 g/mol. The molecule has 1 rings (SSSR count). The molecule has 0 saturated carbocycles. The van der Waals surface area contributed by atoms with Gasteiger partial charge in [-0.15, -0.1) is 0 Å². The molecule has 0 unspecified atom stereocenters. The predicted molar refractivity (Wildman–Crippen MR) is 129 cm³/mol. The Kier molecular flexibility index (Phi) is 15.8. The lowest BCUT2D eigenvalue weighted by atomic mass is 9.99. The molecule has 0 radical (unpaired) electrons. The summed E-state index contributed by atoms with van der Waals surface area (Å²) in [7, 11) is -0.814. The predicted octanol–water partition coefficient (Wildman–Crippen LogP) is 3.78. The van der Waals surface area contributed by atoms with Gasteiger partial charge in [0.15, 0.2) is 6.29 Å². The number of aliphatic hydroxyl groups is 4. The Morgan fingerprint density at radius 1 is 0.677 bits per heavy atom. The van der Waals surface area contributed by atoms with Gasteiger partial charge in [-0.05, 0) is 38.5 Å². The molecule has 0 aromatic rings. The third-order valence-electron chi connectivity index (χ3n) is 6.62. The summed E-state index contributed by atoms with van der Waals surface area (Å²) >= 11 is 0. The van der Waals surface area contributed by atoms with Crippen LogP contribution >= 0.6 is 7.26 Å². The maximum atomic E-state index is 10.0. The zero-order valence-electron chi connectivity index (χ0n) is 20.3. The largest absolute Gasteiger partial charge is 0.394 e. The van der Waals surface area contributed by atoms with Crippen molar-refractivity contribution < 1.29 is 29.9 Å². The van der Waals surface area contributed by atoms with E-state index in [0.29, 0.717) is 6.61 Å². The van der Waals surface area contributed by atoms with Crippen LogP contribution in [0.3, 0.4) is 0 Å². The van der Waals surface area contributed by atoms with Crippen LogP contribution in [0.5, 0.6) is 0 Å². The third-order valence-corrected chi connectivity index (χ3v) is 11.7. The minimum Gasteiger partial charge on any atom is -0.394 e. The first kappa shape index (κ1) is 29.2. The number of ether oxygens (including phenoxy) is 2. The van der Waals surface area contributed by atoms with Gasteiger partial charge in [0.25, 0.3) is 0 Å². The van der Waals surface area contributed by atoms with E-state index in [4.69, 9.17) is 9.47 Å². The maximum absolute atomic E-state index is 10.0. The van der Waals surface area contributed by atoms with Gasteiger partial charge in [0.05, 0.1) is 31.3 Å². The molecule has 1 fully saturated rings. The summed E-state index contributed by atoms with van der Waals surface area (Å²) in [4.78, 5) is 0. The molecule has 6 nitrogen and oxygen atoms in total. The minimum atomic E-state index is -1.37. The molecule has 1 saturated heterocycles. The zero-order chi connectivity index (χ0) is 23.1. The van der Waals surface area contributed by atoms with Crippen molar-refractivity contribution in [3.8, 4) is 0 Å². The Hall–Kier alpha value is 0.190. The second-order valence-electron chi connectivity index (χ2n) is 9.28. The summed E-state index contributed by atoms with van der Waals surface area (Å²) in [6.07, 6.45) is 12.4. The molecule has 0 bridgehead atoms. The molecule has 7 heteroatoms. The highest BCUT2D eigenvalue weighted by Gasteiger charge is 2.43. The number of hydrogen-bond donors (Lipinski definition) is 4. The van der Waals surface area contributed by atoms with E-state index in [0.717, 1.165) is 12.8 Å². The van der Waals surface area contributed by atoms with Crippen LogP contribution in [0.25, 0.3) is 0 Å². The lowest BCUT2D eigenvalue weighted by Gasteiger charge is -2.39. The summed E-state index contributed by atoms with van der Waals surface area (Å²) in [5, 5.41) is 38.9. The molecule has 0 aliphatic carbocycles. The van der Waals surface area contributed by atoms with E-state index in [9.17, 15) is 20.4 Å². The van der Waals surface area contributed by atoms with Crippen molar-refractivity contribution in [3.63, 3.8) is 0 Å². The molecule has 0 amide bonds. The van der Waals surface area contributed by atoms with Crippen molar-refractivity contribution in [2.24, 2.45) is 0 Å². The summed E-state index contributed by atoms with van der Waals surface area (Å²) in [6.45, 7) is 6.94. The lowest BCUT2D eigenvalue weighted by molar-refractivity contribution is -0.301.